The first-order valence-electron chi connectivity index (χ1n) is 8.47. The summed E-state index contributed by atoms with van der Waals surface area (Å²) in [5.74, 6) is 0.979. The molecule has 1 N–H and O–H groups in total. The Balaban J connectivity index is 1.74. The molecule has 0 unspecified atom stereocenters. The fraction of sp³-hybridized carbons (Fsp3) is 0.389. The minimum absolute atomic E-state index is 0.106. The average Bonchev–Trinajstić information content (AvgIpc) is 3.33. The van der Waals surface area contributed by atoms with Crippen molar-refractivity contribution in [1.29, 1.82) is 0 Å². The number of hydrogen-bond donors (Lipinski definition) is 1. The summed E-state index contributed by atoms with van der Waals surface area (Å²) in [6.07, 6.45) is 1.66. The van der Waals surface area contributed by atoms with Gasteiger partial charge in [-0.2, -0.15) is 0 Å². The van der Waals surface area contributed by atoms with Crippen molar-refractivity contribution in [2.75, 3.05) is 11.9 Å². The fourth-order valence-electron chi connectivity index (χ4n) is 2.76. The molecule has 0 aliphatic rings. The number of carbonyl (C=O) groups is 1. The van der Waals surface area contributed by atoms with Crippen LogP contribution < -0.4 is 5.32 Å². The highest BCUT2D eigenvalue weighted by atomic mass is 32.2. The summed E-state index contributed by atoms with van der Waals surface area (Å²) in [6.45, 7) is 9.35. The minimum Gasteiger partial charge on any atom is -0.467 e. The van der Waals surface area contributed by atoms with Gasteiger partial charge in [0.1, 0.15) is 5.76 Å². The van der Waals surface area contributed by atoms with Gasteiger partial charge >= 0.3 is 0 Å². The SMILES string of the molecule is CCNc1nnc(S[C@@H](C)C(=O)c2cc(C)n(Cc3ccco3)c2C)s1. The molecule has 0 saturated carbocycles. The lowest BCUT2D eigenvalue weighted by Crippen LogP contribution is -2.14. The predicted octanol–water partition coefficient (Wildman–Crippen LogP) is 4.39. The Hall–Kier alpha value is -2.06. The number of anilines is 1. The van der Waals surface area contributed by atoms with E-state index >= 15 is 0 Å². The molecule has 0 aliphatic heterocycles. The summed E-state index contributed by atoms with van der Waals surface area (Å²) in [6, 6.07) is 5.77. The molecule has 26 heavy (non-hydrogen) atoms. The van der Waals surface area contributed by atoms with E-state index < -0.39 is 0 Å². The molecule has 6 nitrogen and oxygen atoms in total. The van der Waals surface area contributed by atoms with Crippen LogP contribution in [-0.2, 0) is 6.54 Å². The first-order chi connectivity index (χ1) is 12.5. The Bertz CT molecular complexity index is 883. The van der Waals surface area contributed by atoms with Gasteiger partial charge in [-0.15, -0.1) is 10.2 Å². The van der Waals surface area contributed by atoms with Crippen molar-refractivity contribution in [2.24, 2.45) is 0 Å². The number of thioether (sulfide) groups is 1. The molecule has 0 fully saturated rings. The van der Waals surface area contributed by atoms with Crippen LogP contribution in [0.15, 0.2) is 33.2 Å². The van der Waals surface area contributed by atoms with Crippen LogP contribution in [0.25, 0.3) is 0 Å². The van der Waals surface area contributed by atoms with Crippen LogP contribution in [-0.4, -0.2) is 32.3 Å². The zero-order valence-electron chi connectivity index (χ0n) is 15.3. The summed E-state index contributed by atoms with van der Waals surface area (Å²) >= 11 is 2.92. The molecule has 1 atom stereocenters. The summed E-state index contributed by atoms with van der Waals surface area (Å²) in [5.41, 5.74) is 2.76. The van der Waals surface area contributed by atoms with Gasteiger partial charge in [-0.05, 0) is 45.9 Å². The van der Waals surface area contributed by atoms with Crippen molar-refractivity contribution in [2.45, 2.75) is 43.8 Å². The van der Waals surface area contributed by atoms with Crippen molar-refractivity contribution in [3.63, 3.8) is 0 Å². The van der Waals surface area contributed by atoms with Crippen molar-refractivity contribution < 1.29 is 9.21 Å². The van der Waals surface area contributed by atoms with Crippen LogP contribution in [0, 0.1) is 13.8 Å². The number of furan rings is 1. The number of carbonyl (C=O) groups excluding carboxylic acids is 1. The second-order valence-corrected chi connectivity index (χ2v) is 8.54. The number of nitrogens with zero attached hydrogens (tertiary/aromatic N) is 3. The van der Waals surface area contributed by atoms with Crippen LogP contribution in [0.5, 0.6) is 0 Å². The smallest absolute Gasteiger partial charge is 0.206 e. The lowest BCUT2D eigenvalue weighted by molar-refractivity contribution is 0.0993. The quantitative estimate of drug-likeness (QED) is 0.454. The van der Waals surface area contributed by atoms with Gasteiger partial charge in [-0.25, -0.2) is 0 Å². The third kappa shape index (κ3) is 4.02. The molecule has 138 valence electrons. The van der Waals surface area contributed by atoms with Gasteiger partial charge < -0.3 is 14.3 Å². The van der Waals surface area contributed by atoms with Crippen molar-refractivity contribution >= 4 is 34.0 Å². The molecule has 3 aromatic rings. The molecule has 8 heteroatoms. The number of aromatic nitrogens is 3. The maximum atomic E-state index is 13.0. The maximum Gasteiger partial charge on any atom is 0.206 e. The van der Waals surface area contributed by atoms with Crippen molar-refractivity contribution in [3.8, 4) is 0 Å². The number of hydrogen-bond acceptors (Lipinski definition) is 7. The van der Waals surface area contributed by atoms with E-state index in [9.17, 15) is 4.79 Å². The zero-order chi connectivity index (χ0) is 18.7. The highest BCUT2D eigenvalue weighted by molar-refractivity contribution is 8.02. The highest BCUT2D eigenvalue weighted by Crippen LogP contribution is 2.31. The van der Waals surface area contributed by atoms with Gasteiger partial charge in [0.2, 0.25) is 5.13 Å². The van der Waals surface area contributed by atoms with E-state index in [-0.39, 0.29) is 11.0 Å². The Morgan fingerprint density at radius 3 is 2.92 bits per heavy atom. The topological polar surface area (TPSA) is 73.0 Å². The average molecular weight is 391 g/mol. The van der Waals surface area contributed by atoms with Crippen LogP contribution in [0.2, 0.25) is 0 Å². The van der Waals surface area contributed by atoms with Crippen LogP contribution in [0.4, 0.5) is 5.13 Å². The molecule has 3 aromatic heterocycles. The Morgan fingerprint density at radius 1 is 1.42 bits per heavy atom. The maximum absolute atomic E-state index is 13.0. The molecular formula is C18H22N4O2S2. The minimum atomic E-state index is -0.227. The molecule has 3 rings (SSSR count). The standard InChI is InChI=1S/C18H22N4O2S2/c1-5-19-17-20-21-18(26-17)25-13(4)16(23)15-9-11(2)22(12(15)3)10-14-7-6-8-24-14/h6-9,13H,5,10H2,1-4H3,(H,19,20)/t13-/m0/s1. The number of rotatable bonds is 8. The third-order valence-electron chi connectivity index (χ3n) is 4.11. The van der Waals surface area contributed by atoms with Crippen LogP contribution in [0.1, 0.15) is 41.4 Å². The number of nitrogens with one attached hydrogen (secondary N) is 1. The summed E-state index contributed by atoms with van der Waals surface area (Å²) < 4.78 is 8.34. The van der Waals surface area contributed by atoms with Crippen molar-refractivity contribution in [3.05, 3.63) is 47.2 Å². The predicted molar refractivity (Wildman–Crippen MR) is 105 cm³/mol. The van der Waals surface area contributed by atoms with Crippen LogP contribution in [0.3, 0.4) is 0 Å². The molecule has 0 radical (unpaired) electrons. The second kappa shape index (κ2) is 8.09. The fourth-order valence-corrected chi connectivity index (χ4v) is 4.79. The Labute approximate surface area is 161 Å². The number of ketones is 1. The normalized spacial score (nSPS) is 12.3. The summed E-state index contributed by atoms with van der Waals surface area (Å²) in [5, 5.41) is 11.9. The lowest BCUT2D eigenvalue weighted by atomic mass is 10.1. The van der Waals surface area contributed by atoms with E-state index in [4.69, 9.17) is 4.42 Å². The zero-order valence-corrected chi connectivity index (χ0v) is 16.9. The third-order valence-corrected chi connectivity index (χ3v) is 6.18. The van der Waals surface area contributed by atoms with Crippen molar-refractivity contribution in [1.82, 2.24) is 14.8 Å². The van der Waals surface area contributed by atoms with Gasteiger partial charge in [0.05, 0.1) is 18.1 Å². The molecular weight excluding hydrogens is 368 g/mol. The molecule has 3 heterocycles. The van der Waals surface area contributed by atoms with E-state index in [1.165, 1.54) is 23.1 Å². The number of aryl methyl sites for hydroxylation is 1. The second-order valence-electron chi connectivity index (χ2n) is 5.98. The van der Waals surface area contributed by atoms with E-state index in [1.54, 1.807) is 6.26 Å². The highest BCUT2D eigenvalue weighted by Gasteiger charge is 2.23. The number of Topliss-reactive ketones (excluding diaryl/α,β-unsaturated/α-hetero) is 1. The van der Waals surface area contributed by atoms with Gasteiger partial charge in [-0.3, -0.25) is 4.79 Å². The van der Waals surface area contributed by atoms with E-state index in [2.05, 4.69) is 20.1 Å². The molecule has 0 aromatic carbocycles. The molecule has 0 saturated heterocycles. The molecule has 0 spiro atoms. The van der Waals surface area contributed by atoms with Gasteiger partial charge in [-0.1, -0.05) is 23.1 Å². The van der Waals surface area contributed by atoms with Gasteiger partial charge in [0.25, 0.3) is 0 Å². The van der Waals surface area contributed by atoms with Gasteiger partial charge in [0.15, 0.2) is 10.1 Å². The molecule has 0 bridgehead atoms. The van der Waals surface area contributed by atoms with E-state index in [1.807, 2.05) is 45.9 Å². The van der Waals surface area contributed by atoms with Crippen LogP contribution >= 0.6 is 23.1 Å². The van der Waals surface area contributed by atoms with E-state index in [0.717, 1.165) is 38.7 Å². The Kier molecular flexibility index (Phi) is 5.83. The molecule has 0 aliphatic carbocycles. The monoisotopic (exact) mass is 390 g/mol. The lowest BCUT2D eigenvalue weighted by Gasteiger charge is -2.10. The first-order valence-corrected chi connectivity index (χ1v) is 10.2. The molecule has 0 amide bonds. The van der Waals surface area contributed by atoms with E-state index in [0.29, 0.717) is 6.54 Å². The first kappa shape index (κ1) is 18.7. The largest absolute Gasteiger partial charge is 0.467 e. The van der Waals surface area contributed by atoms with Gasteiger partial charge in [0, 0.05) is 23.5 Å². The summed E-state index contributed by atoms with van der Waals surface area (Å²) in [4.78, 5) is 13.0. The summed E-state index contributed by atoms with van der Waals surface area (Å²) in [7, 11) is 0. The Morgan fingerprint density at radius 2 is 2.23 bits per heavy atom.